The fraction of sp³-hybridized carbons (Fsp3) is 0.462. The van der Waals surface area contributed by atoms with Crippen molar-refractivity contribution in [1.29, 1.82) is 0 Å². The fourth-order valence-electron chi connectivity index (χ4n) is 1.38. The Morgan fingerprint density at radius 1 is 1.35 bits per heavy atom. The van der Waals surface area contributed by atoms with Crippen molar-refractivity contribution in [3.05, 3.63) is 29.8 Å². The lowest BCUT2D eigenvalue weighted by Gasteiger charge is -2.13. The van der Waals surface area contributed by atoms with Gasteiger partial charge in [-0.25, -0.2) is 0 Å². The average molecular weight is 235 g/mol. The minimum Gasteiger partial charge on any atom is -0.378 e. The minimum atomic E-state index is -0.129. The van der Waals surface area contributed by atoms with Crippen LogP contribution in [0, 0.1) is 5.92 Å². The number of benzene rings is 1. The molecular formula is C13H21N3O. The second kappa shape index (κ2) is 6.25. The van der Waals surface area contributed by atoms with Crippen LogP contribution in [0.3, 0.4) is 0 Å². The molecule has 0 aliphatic heterocycles. The maximum Gasteiger partial charge on any atom is 0.224 e. The van der Waals surface area contributed by atoms with Crippen LogP contribution < -0.4 is 16.0 Å². The molecule has 0 bridgehead atoms. The third-order valence-corrected chi connectivity index (χ3v) is 2.72. The zero-order valence-electron chi connectivity index (χ0n) is 10.7. The first-order valence-electron chi connectivity index (χ1n) is 5.78. The summed E-state index contributed by atoms with van der Waals surface area (Å²) in [5.41, 5.74) is 7.67. The van der Waals surface area contributed by atoms with Crippen molar-refractivity contribution in [1.82, 2.24) is 5.32 Å². The van der Waals surface area contributed by atoms with Crippen molar-refractivity contribution in [3.8, 4) is 0 Å². The van der Waals surface area contributed by atoms with Crippen LogP contribution in [-0.4, -0.2) is 26.5 Å². The summed E-state index contributed by atoms with van der Waals surface area (Å²) in [6.45, 7) is 2.76. The Morgan fingerprint density at radius 3 is 2.41 bits per heavy atom. The normalized spacial score (nSPS) is 12.0. The molecule has 4 nitrogen and oxygen atoms in total. The van der Waals surface area contributed by atoms with E-state index in [1.54, 1.807) is 0 Å². The van der Waals surface area contributed by atoms with Crippen LogP contribution in [-0.2, 0) is 11.3 Å². The molecule has 0 heterocycles. The molecule has 0 spiro atoms. The Morgan fingerprint density at radius 2 is 1.94 bits per heavy atom. The number of nitrogens with one attached hydrogen (secondary N) is 1. The molecule has 1 amide bonds. The van der Waals surface area contributed by atoms with Crippen LogP contribution in [0.5, 0.6) is 0 Å². The summed E-state index contributed by atoms with van der Waals surface area (Å²) in [4.78, 5) is 13.6. The number of anilines is 1. The molecule has 1 rings (SSSR count). The van der Waals surface area contributed by atoms with E-state index in [0.717, 1.165) is 11.3 Å². The number of nitrogens with two attached hydrogens (primary N) is 1. The number of carbonyl (C=O) groups excluding carboxylic acids is 1. The fourth-order valence-corrected chi connectivity index (χ4v) is 1.38. The summed E-state index contributed by atoms with van der Waals surface area (Å²) in [6, 6.07) is 8.10. The van der Waals surface area contributed by atoms with E-state index >= 15 is 0 Å². The van der Waals surface area contributed by atoms with E-state index in [1.807, 2.05) is 50.2 Å². The Labute approximate surface area is 103 Å². The van der Waals surface area contributed by atoms with Gasteiger partial charge < -0.3 is 16.0 Å². The van der Waals surface area contributed by atoms with E-state index in [2.05, 4.69) is 5.32 Å². The summed E-state index contributed by atoms with van der Waals surface area (Å²) < 4.78 is 0. The quantitative estimate of drug-likeness (QED) is 0.799. The van der Waals surface area contributed by atoms with Crippen molar-refractivity contribution in [2.45, 2.75) is 13.5 Å². The van der Waals surface area contributed by atoms with E-state index in [9.17, 15) is 4.79 Å². The van der Waals surface area contributed by atoms with Gasteiger partial charge in [0.05, 0.1) is 0 Å². The standard InChI is InChI=1S/C13H21N3O/c1-10(8-14)13(17)15-9-11-4-6-12(7-5-11)16(2)3/h4-7,10H,8-9,14H2,1-3H3,(H,15,17). The molecule has 0 aliphatic carbocycles. The third-order valence-electron chi connectivity index (χ3n) is 2.72. The number of hydrogen-bond acceptors (Lipinski definition) is 3. The molecule has 4 heteroatoms. The lowest BCUT2D eigenvalue weighted by atomic mass is 10.1. The van der Waals surface area contributed by atoms with Crippen LogP contribution in [0.1, 0.15) is 12.5 Å². The van der Waals surface area contributed by atoms with Gasteiger partial charge in [-0.3, -0.25) is 4.79 Å². The highest BCUT2D eigenvalue weighted by atomic mass is 16.1. The summed E-state index contributed by atoms with van der Waals surface area (Å²) >= 11 is 0. The highest BCUT2D eigenvalue weighted by Gasteiger charge is 2.09. The molecular weight excluding hydrogens is 214 g/mol. The Bertz CT molecular complexity index is 359. The molecule has 1 aromatic rings. The van der Waals surface area contributed by atoms with Gasteiger partial charge in [-0.2, -0.15) is 0 Å². The monoisotopic (exact) mass is 235 g/mol. The summed E-state index contributed by atoms with van der Waals surface area (Å²) in [5.74, 6) is -0.125. The molecule has 0 aromatic heterocycles. The molecule has 3 N–H and O–H groups in total. The van der Waals surface area contributed by atoms with Crippen LogP contribution in [0.4, 0.5) is 5.69 Å². The number of nitrogens with zero attached hydrogens (tertiary/aromatic N) is 1. The maximum atomic E-state index is 11.5. The predicted molar refractivity (Wildman–Crippen MR) is 70.8 cm³/mol. The molecule has 94 valence electrons. The molecule has 0 fully saturated rings. The van der Waals surface area contributed by atoms with Crippen molar-refractivity contribution in [3.63, 3.8) is 0 Å². The van der Waals surface area contributed by atoms with E-state index < -0.39 is 0 Å². The topological polar surface area (TPSA) is 58.4 Å². The summed E-state index contributed by atoms with van der Waals surface area (Å²) in [6.07, 6.45) is 0. The maximum absolute atomic E-state index is 11.5. The molecule has 0 saturated heterocycles. The van der Waals surface area contributed by atoms with E-state index in [-0.39, 0.29) is 11.8 Å². The van der Waals surface area contributed by atoms with Crippen LogP contribution >= 0.6 is 0 Å². The Balaban J connectivity index is 2.50. The van der Waals surface area contributed by atoms with Crippen LogP contribution in [0.2, 0.25) is 0 Å². The average Bonchev–Trinajstić information content (AvgIpc) is 2.35. The van der Waals surface area contributed by atoms with Gasteiger partial charge in [0.2, 0.25) is 5.91 Å². The molecule has 1 unspecified atom stereocenters. The van der Waals surface area contributed by atoms with Gasteiger partial charge >= 0.3 is 0 Å². The van der Waals surface area contributed by atoms with Crippen molar-refractivity contribution in [2.24, 2.45) is 11.7 Å². The molecule has 1 aromatic carbocycles. The van der Waals surface area contributed by atoms with Gasteiger partial charge in [0, 0.05) is 38.8 Å². The first-order chi connectivity index (χ1) is 8.04. The van der Waals surface area contributed by atoms with E-state index in [1.165, 1.54) is 0 Å². The lowest BCUT2D eigenvalue weighted by molar-refractivity contribution is -0.124. The summed E-state index contributed by atoms with van der Waals surface area (Å²) in [7, 11) is 4.00. The molecule has 17 heavy (non-hydrogen) atoms. The first-order valence-corrected chi connectivity index (χ1v) is 5.78. The number of hydrogen-bond donors (Lipinski definition) is 2. The van der Waals surface area contributed by atoms with Crippen molar-refractivity contribution in [2.75, 3.05) is 25.5 Å². The number of amides is 1. The zero-order chi connectivity index (χ0) is 12.8. The van der Waals surface area contributed by atoms with Gasteiger partial charge in [0.25, 0.3) is 0 Å². The molecule has 1 atom stereocenters. The SMILES string of the molecule is CC(CN)C(=O)NCc1ccc(N(C)C)cc1. The van der Waals surface area contributed by atoms with Gasteiger partial charge in [0.1, 0.15) is 0 Å². The number of carbonyl (C=O) groups is 1. The van der Waals surface area contributed by atoms with E-state index in [0.29, 0.717) is 13.1 Å². The van der Waals surface area contributed by atoms with Gasteiger partial charge in [0.15, 0.2) is 0 Å². The Kier molecular flexibility index (Phi) is 4.97. The highest BCUT2D eigenvalue weighted by molar-refractivity contribution is 5.78. The second-order valence-corrected chi connectivity index (χ2v) is 4.42. The molecule has 0 aliphatic rings. The second-order valence-electron chi connectivity index (χ2n) is 4.42. The van der Waals surface area contributed by atoms with Gasteiger partial charge in [-0.15, -0.1) is 0 Å². The van der Waals surface area contributed by atoms with E-state index in [4.69, 9.17) is 5.73 Å². The number of rotatable bonds is 5. The lowest BCUT2D eigenvalue weighted by Crippen LogP contribution is -2.32. The van der Waals surface area contributed by atoms with Crippen LogP contribution in [0.15, 0.2) is 24.3 Å². The minimum absolute atomic E-state index is 0.00388. The van der Waals surface area contributed by atoms with Gasteiger partial charge in [-0.1, -0.05) is 19.1 Å². The third kappa shape index (κ3) is 4.07. The Hall–Kier alpha value is -1.55. The predicted octanol–water partition coefficient (Wildman–Crippen LogP) is 0.964. The van der Waals surface area contributed by atoms with Crippen molar-refractivity contribution >= 4 is 11.6 Å². The highest BCUT2D eigenvalue weighted by Crippen LogP contribution is 2.12. The van der Waals surface area contributed by atoms with Crippen LogP contribution in [0.25, 0.3) is 0 Å². The smallest absolute Gasteiger partial charge is 0.224 e. The van der Waals surface area contributed by atoms with Gasteiger partial charge in [-0.05, 0) is 17.7 Å². The summed E-state index contributed by atoms with van der Waals surface area (Å²) in [5, 5.41) is 2.87. The first kappa shape index (κ1) is 13.5. The van der Waals surface area contributed by atoms with Crippen molar-refractivity contribution < 1.29 is 4.79 Å². The molecule has 0 radical (unpaired) electrons. The molecule has 0 saturated carbocycles. The zero-order valence-corrected chi connectivity index (χ0v) is 10.7. The largest absolute Gasteiger partial charge is 0.378 e.